The molecule has 0 aliphatic carbocycles. The zero-order chi connectivity index (χ0) is 24.8. The van der Waals surface area contributed by atoms with Gasteiger partial charge in [-0.25, -0.2) is 14.3 Å². The molecule has 4 rings (SSSR count). The Morgan fingerprint density at radius 3 is 2.63 bits per heavy atom. The molecular formula is C20H28N7NaO6S. The first-order chi connectivity index (χ1) is 16.0. The number of urea groups is 1. The molecule has 3 amide bonds. The summed E-state index contributed by atoms with van der Waals surface area (Å²) >= 11 is 1.29. The number of nitrogens with zero attached hydrogens (tertiary/aromatic N) is 6. The van der Waals surface area contributed by atoms with Crippen molar-refractivity contribution in [3.05, 3.63) is 11.3 Å². The van der Waals surface area contributed by atoms with Gasteiger partial charge < -0.3 is 21.5 Å². The van der Waals surface area contributed by atoms with Gasteiger partial charge in [-0.3, -0.25) is 14.5 Å². The molecule has 3 atom stereocenters. The van der Waals surface area contributed by atoms with Crippen LogP contribution in [0.1, 0.15) is 35.0 Å². The fraction of sp³-hybridized carbons (Fsp3) is 0.650. The summed E-state index contributed by atoms with van der Waals surface area (Å²) in [5.74, 6) is -1.76. The smallest absolute Gasteiger partial charge is 1.00 e. The van der Waals surface area contributed by atoms with Gasteiger partial charge in [0.2, 0.25) is 5.16 Å². The van der Waals surface area contributed by atoms with E-state index in [9.17, 15) is 24.3 Å². The Kier molecular flexibility index (Phi) is 8.19. The summed E-state index contributed by atoms with van der Waals surface area (Å²) in [5.41, 5.74) is -0.0140. The molecule has 3 aliphatic heterocycles. The van der Waals surface area contributed by atoms with Gasteiger partial charge in [0.1, 0.15) is 17.3 Å². The molecule has 13 nitrogen and oxygen atoms in total. The topological polar surface area (TPSA) is 160 Å². The molecule has 2 N–H and O–H groups in total. The van der Waals surface area contributed by atoms with Crippen molar-refractivity contribution in [2.75, 3.05) is 18.8 Å². The molecule has 2 saturated heterocycles. The number of rotatable bonds is 7. The van der Waals surface area contributed by atoms with Gasteiger partial charge in [-0.1, -0.05) is 11.8 Å². The second kappa shape index (κ2) is 10.4. The van der Waals surface area contributed by atoms with E-state index in [1.165, 1.54) is 26.2 Å². The van der Waals surface area contributed by atoms with Crippen molar-refractivity contribution in [2.45, 2.75) is 56.5 Å². The number of aryl methyl sites for hydroxylation is 1. The fourth-order valence-corrected chi connectivity index (χ4v) is 5.51. The normalized spacial score (nSPS) is 22.9. The van der Waals surface area contributed by atoms with Crippen molar-refractivity contribution < 1.29 is 60.0 Å². The molecular weight excluding hydrogens is 489 g/mol. The van der Waals surface area contributed by atoms with Crippen LogP contribution in [0.5, 0.6) is 0 Å². The van der Waals surface area contributed by atoms with Gasteiger partial charge in [0.05, 0.1) is 12.5 Å². The first-order valence-electron chi connectivity index (χ1n) is 10.9. The monoisotopic (exact) mass is 517 g/mol. The van der Waals surface area contributed by atoms with Crippen molar-refractivity contribution in [3.63, 3.8) is 0 Å². The number of esters is 1. The third-order valence-electron chi connectivity index (χ3n) is 5.89. The van der Waals surface area contributed by atoms with E-state index < -0.39 is 35.5 Å². The van der Waals surface area contributed by atoms with E-state index in [1.807, 2.05) is 0 Å². The molecule has 1 aromatic heterocycles. The number of likely N-dealkylation sites (tertiary alicyclic amines) is 1. The van der Waals surface area contributed by atoms with Crippen LogP contribution in [-0.2, 0) is 26.2 Å². The number of carbonyl (C=O) groups excluding carboxylic acids is 3. The summed E-state index contributed by atoms with van der Waals surface area (Å²) in [7, 11) is 1.69. The molecule has 0 radical (unpaired) electrons. The molecule has 0 aromatic carbocycles. The zero-order valence-corrected chi connectivity index (χ0v) is 23.2. The van der Waals surface area contributed by atoms with Gasteiger partial charge in [-0.2, -0.15) is 0 Å². The van der Waals surface area contributed by atoms with Crippen LogP contribution >= 0.6 is 11.8 Å². The number of ether oxygens (including phenoxy) is 1. The first kappa shape index (κ1) is 27.4. The summed E-state index contributed by atoms with van der Waals surface area (Å²) in [6.45, 7) is 5.69. The Morgan fingerprint density at radius 1 is 1.31 bits per heavy atom. The molecule has 0 bridgehead atoms. The number of carbonyl (C=O) groups is 4. The number of aliphatic carboxylic acids is 1. The van der Waals surface area contributed by atoms with Crippen LogP contribution in [0.25, 0.3) is 0 Å². The number of aromatic nitrogens is 4. The molecule has 2 fully saturated rings. The largest absolute Gasteiger partial charge is 1.00 e. The van der Waals surface area contributed by atoms with Crippen molar-refractivity contribution in [1.29, 1.82) is 0 Å². The fourth-order valence-electron chi connectivity index (χ4n) is 4.63. The predicted octanol–water partition coefficient (Wildman–Crippen LogP) is -2.89. The molecule has 0 spiro atoms. The minimum absolute atomic E-state index is 0. The number of nitrogens with one attached hydrogen (secondary N) is 1. The predicted molar refractivity (Wildman–Crippen MR) is 118 cm³/mol. The summed E-state index contributed by atoms with van der Waals surface area (Å²) in [6.07, 6.45) is 0.462. The maximum Gasteiger partial charge on any atom is 1.00 e. The Hall–Kier alpha value is -2.16. The number of carboxylic acid groups (broad SMARTS) is 1. The maximum atomic E-state index is 12.9. The summed E-state index contributed by atoms with van der Waals surface area (Å²) in [6, 6.07) is -1.51. The molecule has 0 saturated carbocycles. The Bertz CT molecular complexity index is 1080. The maximum absolute atomic E-state index is 12.9. The van der Waals surface area contributed by atoms with Gasteiger partial charge in [-0.15, -0.1) is 5.10 Å². The van der Waals surface area contributed by atoms with E-state index in [0.717, 1.165) is 0 Å². The number of tetrazole rings is 1. The van der Waals surface area contributed by atoms with Gasteiger partial charge in [0, 0.05) is 31.8 Å². The van der Waals surface area contributed by atoms with Crippen LogP contribution in [0.2, 0.25) is 0 Å². The van der Waals surface area contributed by atoms with Crippen LogP contribution in [0.15, 0.2) is 16.4 Å². The average molecular weight is 518 g/mol. The minimum atomic E-state index is -1.17. The summed E-state index contributed by atoms with van der Waals surface area (Å²) in [5, 5.41) is 24.3. The van der Waals surface area contributed by atoms with Crippen LogP contribution in [0, 0.1) is 5.92 Å². The minimum Gasteiger partial charge on any atom is -1.00 e. The first-order valence-corrected chi connectivity index (χ1v) is 11.9. The summed E-state index contributed by atoms with van der Waals surface area (Å²) < 4.78 is 6.72. The number of hydrogen-bond donors (Lipinski definition) is 2. The van der Waals surface area contributed by atoms with Crippen molar-refractivity contribution >= 4 is 35.6 Å². The van der Waals surface area contributed by atoms with E-state index in [4.69, 9.17) is 4.74 Å². The molecule has 186 valence electrons. The number of β-lactam (4-membered cyclic amide) rings is 1. The summed E-state index contributed by atoms with van der Waals surface area (Å²) in [4.78, 5) is 52.4. The SMILES string of the molecule is Cn1nnnc1SCC1=C(C(=O)O)N2C(=O)[C@@H]3[C@H]2[C@H](C1)CN3C(=O)NCCC(=O)OC(C)(C)C.[H-].[Na+]. The Morgan fingerprint density at radius 2 is 2.03 bits per heavy atom. The van der Waals surface area contributed by atoms with Crippen LogP contribution in [-0.4, -0.2) is 95.5 Å². The van der Waals surface area contributed by atoms with E-state index in [-0.39, 0.29) is 61.6 Å². The van der Waals surface area contributed by atoms with Crippen LogP contribution in [0.3, 0.4) is 0 Å². The van der Waals surface area contributed by atoms with Gasteiger partial charge in [0.25, 0.3) is 5.91 Å². The molecule has 35 heavy (non-hydrogen) atoms. The van der Waals surface area contributed by atoms with Crippen molar-refractivity contribution in [3.8, 4) is 0 Å². The van der Waals surface area contributed by atoms with E-state index in [2.05, 4.69) is 20.8 Å². The van der Waals surface area contributed by atoms with Crippen molar-refractivity contribution in [2.24, 2.45) is 13.0 Å². The van der Waals surface area contributed by atoms with E-state index in [1.54, 1.807) is 27.8 Å². The van der Waals surface area contributed by atoms with Gasteiger partial charge in [0.15, 0.2) is 0 Å². The number of amides is 3. The van der Waals surface area contributed by atoms with Crippen molar-refractivity contribution in [1.82, 2.24) is 35.3 Å². The molecule has 0 unspecified atom stereocenters. The third-order valence-corrected chi connectivity index (χ3v) is 6.99. The number of carboxylic acids is 1. The quantitative estimate of drug-likeness (QED) is 0.166. The van der Waals surface area contributed by atoms with Gasteiger partial charge >= 0.3 is 47.5 Å². The Labute approximate surface area is 229 Å². The van der Waals surface area contributed by atoms with Gasteiger partial charge in [-0.05, 0) is 43.2 Å². The van der Waals surface area contributed by atoms with Crippen LogP contribution in [0.4, 0.5) is 4.79 Å². The second-order valence-corrected chi connectivity index (χ2v) is 10.4. The van der Waals surface area contributed by atoms with E-state index in [0.29, 0.717) is 29.4 Å². The Balaban J connectivity index is 0.00000228. The second-order valence-electron chi connectivity index (χ2n) is 9.46. The average Bonchev–Trinajstić information content (AvgIpc) is 3.31. The molecule has 4 heterocycles. The number of thioether (sulfide) groups is 1. The molecule has 3 aliphatic rings. The third kappa shape index (κ3) is 5.49. The molecule has 1 aromatic rings. The standard InChI is InChI=1S/C20H27N7O6S.Na.H/c1-20(2,3)33-12(28)5-6-21-18(32)26-8-10-7-11(9-34-19-22-23-24-25(19)4)14(17(30)31)27-13(10)15(26)16(27)29;;/h10,13,15H,5-9H2,1-4H3,(H,21,32)(H,30,31);;/q;+1;-1/t10-,13-,15+;;/m1../s1. The number of hydrogen-bond acceptors (Lipinski definition) is 9. The van der Waals surface area contributed by atoms with E-state index >= 15 is 0 Å². The molecule has 15 heteroatoms. The van der Waals surface area contributed by atoms with Crippen LogP contribution < -0.4 is 34.9 Å². The zero-order valence-electron chi connectivity index (χ0n) is 21.3.